The lowest BCUT2D eigenvalue weighted by atomic mass is 10.0. The third-order valence-corrected chi connectivity index (χ3v) is 6.70. The number of sulfonamides is 1. The minimum Gasteiger partial charge on any atom is -0.312 e. The van der Waals surface area contributed by atoms with Crippen LogP contribution in [0.15, 0.2) is 18.2 Å². The van der Waals surface area contributed by atoms with E-state index < -0.39 is 10.0 Å². The van der Waals surface area contributed by atoms with Crippen LogP contribution in [0.4, 0.5) is 11.4 Å². The predicted octanol–water partition coefficient (Wildman–Crippen LogP) is 3.06. The van der Waals surface area contributed by atoms with Crippen LogP contribution in [-0.2, 0) is 21.2 Å². The van der Waals surface area contributed by atoms with E-state index in [4.69, 9.17) is 0 Å². The fourth-order valence-electron chi connectivity index (χ4n) is 3.59. The Bertz CT molecular complexity index is 694. The molecule has 6 heteroatoms. The largest absolute Gasteiger partial charge is 0.312 e. The zero-order valence-electron chi connectivity index (χ0n) is 13.5. The molecular formula is C17H24N2O3S. The molecule has 0 radical (unpaired) electrons. The molecule has 1 aromatic rings. The van der Waals surface area contributed by atoms with Crippen molar-refractivity contribution < 1.29 is 13.2 Å². The minimum atomic E-state index is -3.35. The molecule has 1 aromatic carbocycles. The van der Waals surface area contributed by atoms with Gasteiger partial charge in [-0.15, -0.1) is 0 Å². The standard InChI is InChI=1S/C17H24N2O3S/c1-13(20)19-11-5-6-14-9-10-15(12-17(14)19)18-23(21,22)16-7-3-2-4-8-16/h9-10,12,16,18H,2-8,11H2,1H3. The molecule has 0 unspecified atom stereocenters. The van der Waals surface area contributed by atoms with Gasteiger partial charge in [0.05, 0.1) is 10.9 Å². The molecule has 2 aliphatic rings. The lowest BCUT2D eigenvalue weighted by molar-refractivity contribution is -0.116. The maximum Gasteiger partial charge on any atom is 0.235 e. The SMILES string of the molecule is CC(=O)N1CCCc2ccc(NS(=O)(=O)C3CCCCC3)cc21. The number of carbonyl (C=O) groups is 1. The van der Waals surface area contributed by atoms with E-state index in [2.05, 4.69) is 4.72 Å². The van der Waals surface area contributed by atoms with Crippen LogP contribution < -0.4 is 9.62 Å². The Kier molecular flexibility index (Phi) is 4.62. The van der Waals surface area contributed by atoms with Crippen molar-refractivity contribution >= 4 is 27.3 Å². The summed E-state index contributed by atoms with van der Waals surface area (Å²) in [6.07, 6.45) is 6.42. The molecule has 0 aromatic heterocycles. The van der Waals surface area contributed by atoms with Gasteiger partial charge in [-0.2, -0.15) is 0 Å². The van der Waals surface area contributed by atoms with Crippen molar-refractivity contribution in [2.45, 2.75) is 57.1 Å². The molecule has 1 N–H and O–H groups in total. The average Bonchev–Trinajstić information content (AvgIpc) is 2.54. The van der Waals surface area contributed by atoms with Crippen LogP contribution in [0.1, 0.15) is 51.0 Å². The lowest BCUT2D eigenvalue weighted by Crippen LogP contribution is -2.34. The van der Waals surface area contributed by atoms with E-state index in [-0.39, 0.29) is 11.2 Å². The van der Waals surface area contributed by atoms with Crippen LogP contribution in [0.5, 0.6) is 0 Å². The molecule has 1 saturated carbocycles. The summed E-state index contributed by atoms with van der Waals surface area (Å²) in [4.78, 5) is 13.5. The molecule has 0 saturated heterocycles. The van der Waals surface area contributed by atoms with Crippen molar-refractivity contribution in [1.82, 2.24) is 0 Å². The fraction of sp³-hybridized carbons (Fsp3) is 0.588. The Balaban J connectivity index is 1.84. The summed E-state index contributed by atoms with van der Waals surface area (Å²) in [6, 6.07) is 5.54. The number of carbonyl (C=O) groups excluding carboxylic acids is 1. The Morgan fingerprint density at radius 2 is 1.91 bits per heavy atom. The number of nitrogens with zero attached hydrogens (tertiary/aromatic N) is 1. The molecule has 0 spiro atoms. The Labute approximate surface area is 138 Å². The van der Waals surface area contributed by atoms with Crippen molar-refractivity contribution in [1.29, 1.82) is 0 Å². The number of nitrogens with one attached hydrogen (secondary N) is 1. The number of fused-ring (bicyclic) bond motifs is 1. The topological polar surface area (TPSA) is 66.5 Å². The number of rotatable bonds is 3. The van der Waals surface area contributed by atoms with Gasteiger partial charge in [-0.25, -0.2) is 8.42 Å². The molecular weight excluding hydrogens is 312 g/mol. The third kappa shape index (κ3) is 3.52. The van der Waals surface area contributed by atoms with Crippen LogP contribution in [0.3, 0.4) is 0 Å². The van der Waals surface area contributed by atoms with Crippen LogP contribution in [0, 0.1) is 0 Å². The first-order valence-electron chi connectivity index (χ1n) is 8.40. The smallest absolute Gasteiger partial charge is 0.235 e. The van der Waals surface area contributed by atoms with Gasteiger partial charge >= 0.3 is 0 Å². The fourth-order valence-corrected chi connectivity index (χ4v) is 5.16. The number of amides is 1. The monoisotopic (exact) mass is 336 g/mol. The van der Waals surface area contributed by atoms with E-state index in [0.29, 0.717) is 12.2 Å². The van der Waals surface area contributed by atoms with Gasteiger partial charge in [-0.1, -0.05) is 25.3 Å². The molecule has 0 bridgehead atoms. The van der Waals surface area contributed by atoms with Crippen molar-refractivity contribution in [3.8, 4) is 0 Å². The van der Waals surface area contributed by atoms with Gasteiger partial charge in [0.1, 0.15) is 0 Å². The highest BCUT2D eigenvalue weighted by Gasteiger charge is 2.28. The molecule has 1 fully saturated rings. The van der Waals surface area contributed by atoms with Gasteiger partial charge in [-0.05, 0) is 43.4 Å². The van der Waals surface area contributed by atoms with Gasteiger partial charge in [0.15, 0.2) is 0 Å². The van der Waals surface area contributed by atoms with Crippen LogP contribution in [-0.4, -0.2) is 26.1 Å². The number of aryl methyl sites for hydroxylation is 1. The Morgan fingerprint density at radius 1 is 1.17 bits per heavy atom. The summed E-state index contributed by atoms with van der Waals surface area (Å²) in [6.45, 7) is 2.25. The van der Waals surface area contributed by atoms with E-state index in [0.717, 1.165) is 56.2 Å². The second kappa shape index (κ2) is 6.51. The van der Waals surface area contributed by atoms with Crippen molar-refractivity contribution in [3.63, 3.8) is 0 Å². The third-order valence-electron chi connectivity index (χ3n) is 4.84. The first kappa shape index (κ1) is 16.3. The van der Waals surface area contributed by atoms with Crippen molar-refractivity contribution in [3.05, 3.63) is 23.8 Å². The van der Waals surface area contributed by atoms with Gasteiger partial charge in [0, 0.05) is 19.2 Å². The molecule has 1 aliphatic carbocycles. The van der Waals surface area contributed by atoms with Crippen LogP contribution in [0.25, 0.3) is 0 Å². The van der Waals surface area contributed by atoms with Gasteiger partial charge in [0.25, 0.3) is 0 Å². The van der Waals surface area contributed by atoms with Gasteiger partial charge in [0.2, 0.25) is 15.9 Å². The normalized spacial score (nSPS) is 19.3. The lowest BCUT2D eigenvalue weighted by Gasteiger charge is -2.29. The zero-order valence-corrected chi connectivity index (χ0v) is 14.4. The summed E-state index contributed by atoms with van der Waals surface area (Å²) in [5.41, 5.74) is 2.50. The molecule has 126 valence electrons. The number of benzene rings is 1. The molecule has 1 aliphatic heterocycles. The van der Waals surface area contributed by atoms with E-state index in [1.165, 1.54) is 0 Å². The highest BCUT2D eigenvalue weighted by molar-refractivity contribution is 7.93. The zero-order chi connectivity index (χ0) is 16.4. The maximum atomic E-state index is 12.5. The second-order valence-electron chi connectivity index (χ2n) is 6.52. The van der Waals surface area contributed by atoms with Crippen LogP contribution >= 0.6 is 0 Å². The molecule has 3 rings (SSSR count). The van der Waals surface area contributed by atoms with Gasteiger partial charge < -0.3 is 4.90 Å². The van der Waals surface area contributed by atoms with E-state index in [1.54, 1.807) is 17.9 Å². The van der Waals surface area contributed by atoms with Crippen molar-refractivity contribution in [2.24, 2.45) is 0 Å². The second-order valence-corrected chi connectivity index (χ2v) is 8.49. The maximum absolute atomic E-state index is 12.5. The molecule has 1 heterocycles. The van der Waals surface area contributed by atoms with E-state index in [1.807, 2.05) is 12.1 Å². The summed E-state index contributed by atoms with van der Waals surface area (Å²) in [5, 5.41) is -0.295. The van der Waals surface area contributed by atoms with Crippen LogP contribution in [0.2, 0.25) is 0 Å². The molecule has 1 amide bonds. The highest BCUT2D eigenvalue weighted by Crippen LogP contribution is 2.32. The van der Waals surface area contributed by atoms with E-state index >= 15 is 0 Å². The first-order valence-corrected chi connectivity index (χ1v) is 9.95. The summed E-state index contributed by atoms with van der Waals surface area (Å²) >= 11 is 0. The number of hydrogen-bond donors (Lipinski definition) is 1. The summed E-state index contributed by atoms with van der Waals surface area (Å²) in [7, 11) is -3.35. The Hall–Kier alpha value is -1.56. The summed E-state index contributed by atoms with van der Waals surface area (Å²) in [5.74, 6) is -0.00163. The minimum absolute atomic E-state index is 0.00163. The Morgan fingerprint density at radius 3 is 2.61 bits per heavy atom. The predicted molar refractivity (Wildman–Crippen MR) is 92.2 cm³/mol. The van der Waals surface area contributed by atoms with Gasteiger partial charge in [-0.3, -0.25) is 9.52 Å². The number of anilines is 2. The number of hydrogen-bond acceptors (Lipinski definition) is 3. The van der Waals surface area contributed by atoms with Crippen molar-refractivity contribution in [2.75, 3.05) is 16.2 Å². The first-order chi connectivity index (χ1) is 11.0. The quantitative estimate of drug-likeness (QED) is 0.922. The average molecular weight is 336 g/mol. The molecule has 23 heavy (non-hydrogen) atoms. The van der Waals surface area contributed by atoms with E-state index in [9.17, 15) is 13.2 Å². The molecule has 5 nitrogen and oxygen atoms in total. The highest BCUT2D eigenvalue weighted by atomic mass is 32.2. The molecule has 0 atom stereocenters. The summed E-state index contributed by atoms with van der Waals surface area (Å²) < 4.78 is 27.8.